The third-order valence-electron chi connectivity index (χ3n) is 3.13. The van der Waals surface area contributed by atoms with Crippen molar-refractivity contribution in [3.05, 3.63) is 71.5 Å². The molecule has 2 aromatic carbocycles. The van der Waals surface area contributed by atoms with Gasteiger partial charge in [0.05, 0.1) is 5.75 Å². The van der Waals surface area contributed by atoms with Crippen molar-refractivity contribution in [3.8, 4) is 0 Å². The molecule has 5 heteroatoms. The Kier molecular flexibility index (Phi) is 5.47. The minimum absolute atomic E-state index is 0.0864. The highest BCUT2D eigenvalue weighted by atomic mass is 32.2. The van der Waals surface area contributed by atoms with Gasteiger partial charge in [-0.25, -0.2) is 17.5 Å². The monoisotopic (exact) mass is 307 g/mol. The molecule has 0 saturated carbocycles. The Morgan fingerprint density at radius 2 is 1.57 bits per heavy atom. The lowest BCUT2D eigenvalue weighted by Crippen LogP contribution is -2.26. The zero-order chi connectivity index (χ0) is 15.1. The zero-order valence-corrected chi connectivity index (χ0v) is 12.4. The summed E-state index contributed by atoms with van der Waals surface area (Å²) in [5.41, 5.74) is 1.87. The number of aryl methyl sites for hydroxylation is 1. The molecule has 0 saturated heterocycles. The zero-order valence-electron chi connectivity index (χ0n) is 11.6. The van der Waals surface area contributed by atoms with Crippen molar-refractivity contribution in [2.24, 2.45) is 0 Å². The Labute approximate surface area is 124 Å². The lowest BCUT2D eigenvalue weighted by atomic mass is 10.1. The van der Waals surface area contributed by atoms with E-state index in [0.29, 0.717) is 6.42 Å². The molecule has 0 unspecified atom stereocenters. The van der Waals surface area contributed by atoms with E-state index in [1.807, 2.05) is 30.3 Å². The van der Waals surface area contributed by atoms with Gasteiger partial charge in [0, 0.05) is 6.54 Å². The summed E-state index contributed by atoms with van der Waals surface area (Å²) < 4.78 is 39.0. The molecule has 112 valence electrons. The smallest absolute Gasteiger partial charge is 0.211 e. The summed E-state index contributed by atoms with van der Waals surface area (Å²) in [5.74, 6) is -0.243. The molecule has 21 heavy (non-hydrogen) atoms. The van der Waals surface area contributed by atoms with Gasteiger partial charge in [0.15, 0.2) is 0 Å². The first kappa shape index (κ1) is 15.7. The second-order valence-electron chi connectivity index (χ2n) is 4.86. The van der Waals surface area contributed by atoms with Gasteiger partial charge in [-0.1, -0.05) is 42.5 Å². The van der Waals surface area contributed by atoms with E-state index < -0.39 is 10.0 Å². The van der Waals surface area contributed by atoms with Gasteiger partial charge in [0.1, 0.15) is 5.82 Å². The molecule has 0 heterocycles. The Balaban J connectivity index is 1.78. The molecule has 3 nitrogen and oxygen atoms in total. The molecular formula is C16H18FNO2S. The lowest BCUT2D eigenvalue weighted by molar-refractivity contribution is 0.578. The standard InChI is InChI=1S/C16H18FNO2S/c17-16-10-8-15(9-11-16)13-18-21(19,20)12-4-7-14-5-2-1-3-6-14/h1-3,5-6,8-11,18H,4,7,12-13H2. The van der Waals surface area contributed by atoms with Crippen LogP contribution in [0.25, 0.3) is 0 Å². The summed E-state index contributed by atoms with van der Waals surface area (Å²) in [7, 11) is -3.30. The molecule has 0 bridgehead atoms. The van der Waals surface area contributed by atoms with Gasteiger partial charge in [-0.05, 0) is 36.1 Å². The molecule has 2 aromatic rings. The summed E-state index contributed by atoms with van der Waals surface area (Å²) in [5, 5.41) is 0. The highest BCUT2D eigenvalue weighted by Crippen LogP contribution is 2.05. The number of hydrogen-bond acceptors (Lipinski definition) is 2. The SMILES string of the molecule is O=S(=O)(CCCc1ccccc1)NCc1ccc(F)cc1. The van der Waals surface area contributed by atoms with Crippen LogP contribution in [0, 0.1) is 5.82 Å². The normalized spacial score (nSPS) is 11.5. The molecule has 0 aliphatic heterocycles. The maximum atomic E-state index is 12.8. The Bertz CT molecular complexity index is 654. The maximum Gasteiger partial charge on any atom is 0.211 e. The van der Waals surface area contributed by atoms with Crippen LogP contribution in [0.3, 0.4) is 0 Å². The minimum Gasteiger partial charge on any atom is -0.212 e. The second-order valence-corrected chi connectivity index (χ2v) is 6.78. The fourth-order valence-corrected chi connectivity index (χ4v) is 3.03. The number of sulfonamides is 1. The van der Waals surface area contributed by atoms with Gasteiger partial charge in [-0.2, -0.15) is 0 Å². The van der Waals surface area contributed by atoms with Gasteiger partial charge in [-0.15, -0.1) is 0 Å². The van der Waals surface area contributed by atoms with Crippen LogP contribution in [0.15, 0.2) is 54.6 Å². The van der Waals surface area contributed by atoms with E-state index in [9.17, 15) is 12.8 Å². The summed E-state index contributed by atoms with van der Waals surface area (Å²) in [6.07, 6.45) is 1.31. The third kappa shape index (κ3) is 5.65. The van der Waals surface area contributed by atoms with Crippen LogP contribution in [0.2, 0.25) is 0 Å². The Morgan fingerprint density at radius 1 is 0.905 bits per heavy atom. The summed E-state index contributed by atoms with van der Waals surface area (Å²) in [4.78, 5) is 0. The van der Waals surface area contributed by atoms with Crippen molar-refractivity contribution < 1.29 is 12.8 Å². The summed E-state index contributed by atoms with van der Waals surface area (Å²) in [6, 6.07) is 15.6. The highest BCUT2D eigenvalue weighted by molar-refractivity contribution is 7.89. The van der Waals surface area contributed by atoms with Gasteiger partial charge >= 0.3 is 0 Å². The lowest BCUT2D eigenvalue weighted by Gasteiger charge is -2.07. The second kappa shape index (κ2) is 7.33. The third-order valence-corrected chi connectivity index (χ3v) is 4.54. The fraction of sp³-hybridized carbons (Fsp3) is 0.250. The van der Waals surface area contributed by atoms with Gasteiger partial charge < -0.3 is 0 Å². The van der Waals surface area contributed by atoms with Gasteiger partial charge in [0.25, 0.3) is 0 Å². The molecule has 1 N–H and O–H groups in total. The average molecular weight is 307 g/mol. The number of nitrogens with one attached hydrogen (secondary N) is 1. The van der Waals surface area contributed by atoms with E-state index in [0.717, 1.165) is 17.5 Å². The number of hydrogen-bond donors (Lipinski definition) is 1. The van der Waals surface area contributed by atoms with Crippen LogP contribution < -0.4 is 4.72 Å². The van der Waals surface area contributed by atoms with Crippen LogP contribution in [0.5, 0.6) is 0 Å². The van der Waals surface area contributed by atoms with Crippen LogP contribution in [0.4, 0.5) is 4.39 Å². The predicted octanol–water partition coefficient (Wildman–Crippen LogP) is 2.88. The van der Waals surface area contributed by atoms with Gasteiger partial charge in [-0.3, -0.25) is 0 Å². The quantitative estimate of drug-likeness (QED) is 0.855. The molecule has 0 aromatic heterocycles. The molecule has 0 amide bonds. The van der Waals surface area contributed by atoms with Crippen molar-refractivity contribution >= 4 is 10.0 Å². The number of benzene rings is 2. The van der Waals surface area contributed by atoms with E-state index in [1.54, 1.807) is 12.1 Å². The van der Waals surface area contributed by atoms with Crippen molar-refractivity contribution in [2.75, 3.05) is 5.75 Å². The first-order valence-electron chi connectivity index (χ1n) is 6.81. The first-order valence-corrected chi connectivity index (χ1v) is 8.46. The van der Waals surface area contributed by atoms with E-state index in [4.69, 9.17) is 0 Å². The van der Waals surface area contributed by atoms with Crippen molar-refractivity contribution in [2.45, 2.75) is 19.4 Å². The largest absolute Gasteiger partial charge is 0.212 e. The van der Waals surface area contributed by atoms with Crippen LogP contribution >= 0.6 is 0 Å². The molecule has 0 fully saturated rings. The topological polar surface area (TPSA) is 46.2 Å². The van der Waals surface area contributed by atoms with Gasteiger partial charge in [0.2, 0.25) is 10.0 Å². The van der Waals surface area contributed by atoms with Crippen molar-refractivity contribution in [1.82, 2.24) is 4.72 Å². The van der Waals surface area contributed by atoms with E-state index in [2.05, 4.69) is 4.72 Å². The Morgan fingerprint density at radius 3 is 2.24 bits per heavy atom. The van der Waals surface area contributed by atoms with Crippen LogP contribution in [0.1, 0.15) is 17.5 Å². The molecular weight excluding hydrogens is 289 g/mol. The summed E-state index contributed by atoms with van der Waals surface area (Å²) >= 11 is 0. The molecule has 0 radical (unpaired) electrons. The van der Waals surface area contributed by atoms with E-state index in [-0.39, 0.29) is 18.1 Å². The predicted molar refractivity (Wildman–Crippen MR) is 81.8 cm³/mol. The molecule has 0 aliphatic carbocycles. The van der Waals surface area contributed by atoms with Crippen molar-refractivity contribution in [3.63, 3.8) is 0 Å². The Hall–Kier alpha value is -1.72. The number of rotatable bonds is 7. The molecule has 0 atom stereocenters. The fourth-order valence-electron chi connectivity index (χ4n) is 1.98. The number of halogens is 1. The minimum atomic E-state index is -3.30. The molecule has 0 aliphatic rings. The van der Waals surface area contributed by atoms with Crippen molar-refractivity contribution in [1.29, 1.82) is 0 Å². The first-order chi connectivity index (χ1) is 10.1. The molecule has 2 rings (SSSR count). The molecule has 0 spiro atoms. The van der Waals surface area contributed by atoms with E-state index >= 15 is 0 Å². The van der Waals surface area contributed by atoms with Crippen LogP contribution in [-0.2, 0) is 23.0 Å². The van der Waals surface area contributed by atoms with E-state index in [1.165, 1.54) is 12.1 Å². The van der Waals surface area contributed by atoms with Crippen LogP contribution in [-0.4, -0.2) is 14.2 Å². The maximum absolute atomic E-state index is 12.8. The average Bonchev–Trinajstić information content (AvgIpc) is 2.48. The highest BCUT2D eigenvalue weighted by Gasteiger charge is 2.09. The summed E-state index contributed by atoms with van der Waals surface area (Å²) in [6.45, 7) is 0.188.